The van der Waals surface area contributed by atoms with Crippen LogP contribution in [0.1, 0.15) is 19.3 Å². The van der Waals surface area contributed by atoms with E-state index in [-0.39, 0.29) is 23.7 Å². The van der Waals surface area contributed by atoms with Crippen molar-refractivity contribution < 1.29 is 18.4 Å². The number of nitrogens with two attached hydrogens (primary N) is 1. The van der Waals surface area contributed by atoms with Crippen LogP contribution < -0.4 is 5.73 Å². The summed E-state index contributed by atoms with van der Waals surface area (Å²) in [5, 5.41) is 19.5. The number of nitrogen functional groups attached to an aromatic ring is 1. The van der Waals surface area contributed by atoms with E-state index < -0.39 is 20.6 Å². The Bertz CT molecular complexity index is 603. The van der Waals surface area contributed by atoms with Gasteiger partial charge in [-0.2, -0.15) is 0 Å². The highest BCUT2D eigenvalue weighted by Gasteiger charge is 2.24. The van der Waals surface area contributed by atoms with Gasteiger partial charge in [0.2, 0.25) is 10.0 Å². The topological polar surface area (TPSA) is 127 Å². The highest BCUT2D eigenvalue weighted by Crippen LogP contribution is 2.26. The Kier molecular flexibility index (Phi) is 6.06. The maximum Gasteiger partial charge on any atom is 0.293 e. The van der Waals surface area contributed by atoms with Crippen LogP contribution in [0.4, 0.5) is 11.4 Å². The van der Waals surface area contributed by atoms with Gasteiger partial charge >= 0.3 is 0 Å². The number of hydrogen-bond acceptors (Lipinski definition) is 6. The van der Waals surface area contributed by atoms with Crippen molar-refractivity contribution >= 4 is 21.4 Å². The summed E-state index contributed by atoms with van der Waals surface area (Å²) in [5.74, 6) is 0. The van der Waals surface area contributed by atoms with E-state index in [0.717, 1.165) is 10.4 Å². The molecular weight excluding hydrogens is 298 g/mol. The van der Waals surface area contributed by atoms with Gasteiger partial charge in [-0.05, 0) is 31.4 Å². The van der Waals surface area contributed by atoms with Crippen molar-refractivity contribution in [3.8, 4) is 0 Å². The molecule has 0 atom stereocenters. The molecule has 0 aliphatic heterocycles. The molecule has 0 spiro atoms. The van der Waals surface area contributed by atoms with Gasteiger partial charge in [-0.25, -0.2) is 12.7 Å². The fourth-order valence-corrected chi connectivity index (χ4v) is 3.00. The Balaban J connectivity index is 2.92. The number of hydrogen-bond donors (Lipinski definition) is 2. The fourth-order valence-electron chi connectivity index (χ4n) is 1.77. The Morgan fingerprint density at radius 3 is 2.57 bits per heavy atom. The third-order valence-electron chi connectivity index (χ3n) is 3.04. The molecule has 0 bridgehead atoms. The van der Waals surface area contributed by atoms with Crippen LogP contribution in [0.25, 0.3) is 0 Å². The summed E-state index contributed by atoms with van der Waals surface area (Å²) in [6.07, 6.45) is 1.92. The van der Waals surface area contributed by atoms with Crippen LogP contribution in [0.2, 0.25) is 0 Å². The quantitative estimate of drug-likeness (QED) is 0.318. The lowest BCUT2D eigenvalue weighted by Gasteiger charge is -2.17. The molecule has 0 saturated heterocycles. The largest absolute Gasteiger partial charge is 0.396 e. The predicted molar refractivity (Wildman–Crippen MR) is 78.3 cm³/mol. The van der Waals surface area contributed by atoms with Crippen LogP contribution in [0, 0.1) is 10.1 Å². The van der Waals surface area contributed by atoms with E-state index >= 15 is 0 Å². The number of nitro groups is 1. The second kappa shape index (κ2) is 7.34. The minimum atomic E-state index is -3.79. The minimum Gasteiger partial charge on any atom is -0.396 e. The molecule has 1 aromatic rings. The summed E-state index contributed by atoms with van der Waals surface area (Å²) in [7, 11) is -2.37. The maximum atomic E-state index is 12.3. The first-order chi connectivity index (χ1) is 9.80. The highest BCUT2D eigenvalue weighted by atomic mass is 32.2. The van der Waals surface area contributed by atoms with Gasteiger partial charge in [0.25, 0.3) is 5.69 Å². The second-order valence-electron chi connectivity index (χ2n) is 4.59. The lowest BCUT2D eigenvalue weighted by Crippen LogP contribution is -2.28. The first-order valence-corrected chi connectivity index (χ1v) is 7.86. The number of aliphatic hydroxyl groups excluding tert-OH is 1. The predicted octanol–water partition coefficient (Wildman–Crippen LogP) is 0.960. The zero-order chi connectivity index (χ0) is 16.0. The number of unbranched alkanes of at least 4 members (excludes halogenated alkanes) is 2. The molecule has 3 N–H and O–H groups in total. The molecule has 1 rings (SSSR count). The zero-order valence-corrected chi connectivity index (χ0v) is 12.5. The molecular formula is C12H19N3O5S. The summed E-state index contributed by atoms with van der Waals surface area (Å²) in [4.78, 5) is 9.94. The van der Waals surface area contributed by atoms with Gasteiger partial charge in [0.1, 0.15) is 5.69 Å². The molecule has 118 valence electrons. The van der Waals surface area contributed by atoms with E-state index in [1.807, 2.05) is 0 Å². The zero-order valence-electron chi connectivity index (χ0n) is 11.7. The maximum absolute atomic E-state index is 12.3. The second-order valence-corrected chi connectivity index (χ2v) is 6.63. The van der Waals surface area contributed by atoms with Gasteiger partial charge < -0.3 is 10.8 Å². The van der Waals surface area contributed by atoms with Crippen LogP contribution in [0.15, 0.2) is 23.1 Å². The number of nitrogens with zero attached hydrogens (tertiary/aromatic N) is 2. The standard InChI is InChI=1S/C12H19N3O5S/c1-14(7-3-2-4-8-16)21(19,20)10-5-6-11(13)12(9-10)15(17)18/h5-6,9,16H,2-4,7-8,13H2,1H3. The van der Waals surface area contributed by atoms with E-state index in [2.05, 4.69) is 0 Å². The molecule has 8 nitrogen and oxygen atoms in total. The molecule has 0 fully saturated rings. The van der Waals surface area contributed by atoms with E-state index in [9.17, 15) is 18.5 Å². The Labute approximate surface area is 123 Å². The van der Waals surface area contributed by atoms with Crippen molar-refractivity contribution in [1.82, 2.24) is 4.31 Å². The molecule has 0 aliphatic rings. The molecule has 0 heterocycles. The lowest BCUT2D eigenvalue weighted by atomic mass is 10.2. The van der Waals surface area contributed by atoms with Crippen LogP contribution in [-0.4, -0.2) is 43.0 Å². The van der Waals surface area contributed by atoms with Gasteiger partial charge in [0.15, 0.2) is 0 Å². The van der Waals surface area contributed by atoms with Gasteiger partial charge in [-0.3, -0.25) is 10.1 Å². The molecule has 0 radical (unpaired) electrons. The van der Waals surface area contributed by atoms with Crippen molar-refractivity contribution in [2.45, 2.75) is 24.2 Å². The van der Waals surface area contributed by atoms with E-state index in [0.29, 0.717) is 19.3 Å². The molecule has 0 unspecified atom stereocenters. The van der Waals surface area contributed by atoms with Crippen molar-refractivity contribution in [3.63, 3.8) is 0 Å². The smallest absolute Gasteiger partial charge is 0.293 e. The molecule has 1 aromatic carbocycles. The van der Waals surface area contributed by atoms with Crippen molar-refractivity contribution in [2.24, 2.45) is 0 Å². The number of rotatable bonds is 8. The van der Waals surface area contributed by atoms with Crippen LogP contribution in [0.5, 0.6) is 0 Å². The number of aliphatic hydroxyl groups is 1. The first kappa shape index (κ1) is 17.3. The molecule has 21 heavy (non-hydrogen) atoms. The average molecular weight is 317 g/mol. The third-order valence-corrected chi connectivity index (χ3v) is 4.89. The van der Waals surface area contributed by atoms with E-state index in [1.54, 1.807) is 0 Å². The molecule has 0 amide bonds. The van der Waals surface area contributed by atoms with Gasteiger partial charge in [-0.1, -0.05) is 0 Å². The Morgan fingerprint density at radius 1 is 1.33 bits per heavy atom. The Hall–Kier alpha value is -1.71. The Morgan fingerprint density at radius 2 is 2.00 bits per heavy atom. The number of anilines is 1. The first-order valence-electron chi connectivity index (χ1n) is 6.42. The lowest BCUT2D eigenvalue weighted by molar-refractivity contribution is -0.384. The minimum absolute atomic E-state index is 0.0701. The summed E-state index contributed by atoms with van der Waals surface area (Å²) >= 11 is 0. The normalized spacial score (nSPS) is 11.8. The number of sulfonamides is 1. The van der Waals surface area contributed by atoms with Gasteiger partial charge in [0.05, 0.1) is 9.82 Å². The molecule has 0 aromatic heterocycles. The van der Waals surface area contributed by atoms with Crippen LogP contribution in [0.3, 0.4) is 0 Å². The summed E-state index contributed by atoms with van der Waals surface area (Å²) in [5.41, 5.74) is 4.94. The molecule has 9 heteroatoms. The molecule has 0 saturated carbocycles. The van der Waals surface area contributed by atoms with Gasteiger partial charge in [0, 0.05) is 26.3 Å². The summed E-state index contributed by atoms with van der Waals surface area (Å²) in [6.45, 7) is 0.348. The van der Waals surface area contributed by atoms with Crippen LogP contribution >= 0.6 is 0 Å². The fraction of sp³-hybridized carbons (Fsp3) is 0.500. The molecule has 0 aliphatic carbocycles. The van der Waals surface area contributed by atoms with Gasteiger partial charge in [-0.15, -0.1) is 0 Å². The monoisotopic (exact) mass is 317 g/mol. The average Bonchev–Trinajstić information content (AvgIpc) is 2.43. The summed E-state index contributed by atoms with van der Waals surface area (Å²) in [6, 6.07) is 3.43. The van der Waals surface area contributed by atoms with E-state index in [4.69, 9.17) is 10.8 Å². The number of nitro benzene ring substituents is 1. The summed E-state index contributed by atoms with van der Waals surface area (Å²) < 4.78 is 25.7. The third kappa shape index (κ3) is 4.38. The van der Waals surface area contributed by atoms with Crippen LogP contribution in [-0.2, 0) is 10.0 Å². The number of benzene rings is 1. The van der Waals surface area contributed by atoms with Crippen molar-refractivity contribution in [3.05, 3.63) is 28.3 Å². The highest BCUT2D eigenvalue weighted by molar-refractivity contribution is 7.89. The van der Waals surface area contributed by atoms with Crippen molar-refractivity contribution in [1.29, 1.82) is 0 Å². The van der Waals surface area contributed by atoms with Crippen molar-refractivity contribution in [2.75, 3.05) is 25.9 Å². The SMILES string of the molecule is CN(CCCCCO)S(=O)(=O)c1ccc(N)c([N+](=O)[O-])c1. The van der Waals surface area contributed by atoms with E-state index in [1.165, 1.54) is 19.2 Å².